The van der Waals surface area contributed by atoms with Gasteiger partial charge in [0.1, 0.15) is 5.52 Å². The van der Waals surface area contributed by atoms with Gasteiger partial charge in [-0.25, -0.2) is 9.97 Å². The van der Waals surface area contributed by atoms with Crippen molar-refractivity contribution < 1.29 is 14.2 Å². The molecule has 2 aromatic heterocycles. The molecule has 0 spiro atoms. The number of hydrogen-bond donors (Lipinski definition) is 1. The molecule has 0 saturated carbocycles. The Morgan fingerprint density at radius 3 is 2.15 bits per heavy atom. The molecule has 0 aliphatic carbocycles. The predicted octanol–water partition coefficient (Wildman–Crippen LogP) is 3.77. The second kappa shape index (κ2) is 7.61. The van der Waals surface area contributed by atoms with Crippen molar-refractivity contribution in [3.05, 3.63) is 28.1 Å². The largest absolute Gasteiger partial charge is 0.491 e. The molecule has 8 nitrogen and oxygen atoms in total. The summed E-state index contributed by atoms with van der Waals surface area (Å²) in [5.74, 6) is 1.23. The Morgan fingerprint density at radius 2 is 1.62 bits per heavy atom. The normalized spacial score (nSPS) is 10.8. The highest BCUT2D eigenvalue weighted by atomic mass is 35.5. The summed E-state index contributed by atoms with van der Waals surface area (Å²) in [6, 6.07) is 0. The Balaban J connectivity index is 2.16. The number of anilines is 1. The van der Waals surface area contributed by atoms with Crippen LogP contribution in [0.3, 0.4) is 0 Å². The fraction of sp³-hybridized carbons (Fsp3) is 0.267. The van der Waals surface area contributed by atoms with Crippen molar-refractivity contribution >= 4 is 52.1 Å². The molecular weight excluding hydrogens is 405 g/mol. The quantitative estimate of drug-likeness (QED) is 0.610. The lowest BCUT2D eigenvalue weighted by Gasteiger charge is -2.19. The molecule has 0 unspecified atom stereocenters. The first-order valence-corrected chi connectivity index (χ1v) is 8.39. The van der Waals surface area contributed by atoms with E-state index >= 15 is 0 Å². The van der Waals surface area contributed by atoms with Crippen LogP contribution in [-0.2, 0) is 6.54 Å². The standard InChI is InChI=1S/C15H14Cl3N5O3/c1-24-11-9(16)7(10(17)12(25-2)13(11)26-3)5-23-6-20-8-4-19-15(22-18)21-14(8)23/h4,6H,5H2,1-3H3,(H,19,21,22). The zero-order chi connectivity index (χ0) is 18.8. The lowest BCUT2D eigenvalue weighted by atomic mass is 10.1. The molecular formula is C15H14Cl3N5O3. The first-order chi connectivity index (χ1) is 12.5. The van der Waals surface area contributed by atoms with E-state index in [1.54, 1.807) is 17.1 Å². The minimum Gasteiger partial charge on any atom is -0.491 e. The molecule has 11 heteroatoms. The molecule has 0 bridgehead atoms. The van der Waals surface area contributed by atoms with Crippen LogP contribution in [0.5, 0.6) is 17.2 Å². The summed E-state index contributed by atoms with van der Waals surface area (Å²) in [6.07, 6.45) is 3.16. The van der Waals surface area contributed by atoms with Crippen molar-refractivity contribution in [1.82, 2.24) is 19.5 Å². The summed E-state index contributed by atoms with van der Waals surface area (Å²) in [7, 11) is 4.45. The Labute approximate surface area is 164 Å². The molecule has 1 N–H and O–H groups in total. The molecule has 26 heavy (non-hydrogen) atoms. The van der Waals surface area contributed by atoms with Gasteiger partial charge in [-0.2, -0.15) is 4.98 Å². The van der Waals surface area contributed by atoms with Gasteiger partial charge in [0, 0.05) is 17.3 Å². The Hall–Kier alpha value is -2.16. The predicted molar refractivity (Wildman–Crippen MR) is 100 cm³/mol. The van der Waals surface area contributed by atoms with Crippen LogP contribution >= 0.6 is 35.0 Å². The molecule has 0 radical (unpaired) electrons. The van der Waals surface area contributed by atoms with Gasteiger partial charge in [-0.05, 0) is 0 Å². The van der Waals surface area contributed by atoms with Crippen LogP contribution in [0.4, 0.5) is 5.95 Å². The molecule has 0 aliphatic heterocycles. The van der Waals surface area contributed by atoms with Gasteiger partial charge in [0.2, 0.25) is 11.7 Å². The van der Waals surface area contributed by atoms with Crippen LogP contribution < -0.4 is 19.0 Å². The number of rotatable bonds is 6. The summed E-state index contributed by atoms with van der Waals surface area (Å²) in [5, 5.41) is 0.614. The summed E-state index contributed by atoms with van der Waals surface area (Å²) in [4.78, 5) is 15.0. The average molecular weight is 419 g/mol. The molecule has 0 aliphatic rings. The van der Waals surface area contributed by atoms with Crippen LogP contribution in [0.1, 0.15) is 5.56 Å². The highest BCUT2D eigenvalue weighted by molar-refractivity contribution is 6.38. The molecule has 0 amide bonds. The molecule has 3 rings (SSSR count). The molecule has 0 atom stereocenters. The van der Waals surface area contributed by atoms with Crippen LogP contribution in [-0.4, -0.2) is 40.8 Å². The Bertz CT molecular complexity index is 932. The fourth-order valence-corrected chi connectivity index (χ4v) is 3.32. The highest BCUT2D eigenvalue weighted by Crippen LogP contribution is 2.50. The van der Waals surface area contributed by atoms with Crippen LogP contribution in [0.15, 0.2) is 12.5 Å². The van der Waals surface area contributed by atoms with Crippen molar-refractivity contribution in [2.75, 3.05) is 26.2 Å². The highest BCUT2D eigenvalue weighted by Gasteiger charge is 2.25. The maximum absolute atomic E-state index is 6.51. The molecule has 0 fully saturated rings. The van der Waals surface area contributed by atoms with E-state index in [1.807, 2.05) is 0 Å². The lowest BCUT2D eigenvalue weighted by Crippen LogP contribution is -2.05. The van der Waals surface area contributed by atoms with E-state index in [1.165, 1.54) is 21.3 Å². The van der Waals surface area contributed by atoms with Crippen molar-refractivity contribution in [2.24, 2.45) is 0 Å². The average Bonchev–Trinajstić information content (AvgIpc) is 3.06. The number of methoxy groups -OCH3 is 3. The van der Waals surface area contributed by atoms with Gasteiger partial charge in [-0.1, -0.05) is 23.2 Å². The number of fused-ring (bicyclic) bond motifs is 1. The number of nitrogens with one attached hydrogen (secondary N) is 1. The van der Waals surface area contributed by atoms with E-state index < -0.39 is 0 Å². The van der Waals surface area contributed by atoms with E-state index in [-0.39, 0.29) is 12.5 Å². The molecule has 0 saturated heterocycles. The summed E-state index contributed by atoms with van der Waals surface area (Å²) >= 11 is 18.6. The monoisotopic (exact) mass is 417 g/mol. The number of nitrogens with zero attached hydrogens (tertiary/aromatic N) is 4. The SMILES string of the molecule is COc1c(Cl)c(Cn2cnc3cnc(NCl)nc32)c(Cl)c(OC)c1OC. The fourth-order valence-electron chi connectivity index (χ4n) is 2.55. The summed E-state index contributed by atoms with van der Waals surface area (Å²) in [6.45, 7) is 0.267. The van der Waals surface area contributed by atoms with Crippen molar-refractivity contribution in [1.29, 1.82) is 0 Å². The molecule has 138 valence electrons. The number of aromatic nitrogens is 4. The third-order valence-electron chi connectivity index (χ3n) is 3.72. The number of benzene rings is 1. The lowest BCUT2D eigenvalue weighted by molar-refractivity contribution is 0.324. The number of imidazole rings is 1. The van der Waals surface area contributed by atoms with Crippen molar-refractivity contribution in [3.63, 3.8) is 0 Å². The zero-order valence-corrected chi connectivity index (χ0v) is 16.3. The van der Waals surface area contributed by atoms with E-state index in [9.17, 15) is 0 Å². The topological polar surface area (TPSA) is 83.3 Å². The maximum atomic E-state index is 6.51. The van der Waals surface area contributed by atoms with Crippen LogP contribution in [0, 0.1) is 0 Å². The maximum Gasteiger partial charge on any atom is 0.239 e. The Kier molecular flexibility index (Phi) is 5.45. The third kappa shape index (κ3) is 3.04. The second-order valence-corrected chi connectivity index (χ2v) is 6.02. The minimum atomic E-state index is 0.253. The number of hydrogen-bond acceptors (Lipinski definition) is 7. The van der Waals surface area contributed by atoms with Gasteiger partial charge >= 0.3 is 0 Å². The van der Waals surface area contributed by atoms with Gasteiger partial charge in [0.25, 0.3) is 0 Å². The van der Waals surface area contributed by atoms with Crippen molar-refractivity contribution in [2.45, 2.75) is 6.54 Å². The van der Waals surface area contributed by atoms with E-state index in [4.69, 9.17) is 49.2 Å². The van der Waals surface area contributed by atoms with Crippen LogP contribution in [0.2, 0.25) is 10.0 Å². The zero-order valence-electron chi connectivity index (χ0n) is 14.0. The van der Waals surface area contributed by atoms with Gasteiger partial charge in [0.05, 0.1) is 50.4 Å². The second-order valence-electron chi connectivity index (χ2n) is 5.08. The van der Waals surface area contributed by atoms with Gasteiger partial charge < -0.3 is 18.8 Å². The first-order valence-electron chi connectivity index (χ1n) is 7.26. The minimum absolute atomic E-state index is 0.253. The molecule has 1 aromatic carbocycles. The number of ether oxygens (including phenoxy) is 3. The summed E-state index contributed by atoms with van der Waals surface area (Å²) in [5.41, 5.74) is 1.73. The van der Waals surface area contributed by atoms with Gasteiger partial charge in [-0.15, -0.1) is 0 Å². The smallest absolute Gasteiger partial charge is 0.239 e. The molecule has 2 heterocycles. The van der Waals surface area contributed by atoms with Gasteiger partial charge in [-0.3, -0.25) is 4.84 Å². The number of halogens is 3. The van der Waals surface area contributed by atoms with E-state index in [0.717, 1.165) is 0 Å². The van der Waals surface area contributed by atoms with Crippen LogP contribution in [0.25, 0.3) is 11.2 Å². The third-order valence-corrected chi connectivity index (χ3v) is 4.69. The van der Waals surface area contributed by atoms with E-state index in [0.29, 0.717) is 44.0 Å². The van der Waals surface area contributed by atoms with Crippen molar-refractivity contribution in [3.8, 4) is 17.2 Å². The summed E-state index contributed by atoms with van der Waals surface area (Å²) < 4.78 is 17.8. The Morgan fingerprint density at radius 1 is 1.00 bits per heavy atom. The first kappa shape index (κ1) is 18.6. The molecule has 3 aromatic rings. The van der Waals surface area contributed by atoms with E-state index in [2.05, 4.69) is 19.8 Å². The van der Waals surface area contributed by atoms with Gasteiger partial charge in [0.15, 0.2) is 17.1 Å².